The maximum Gasteiger partial charge on any atom is 0.243 e. The summed E-state index contributed by atoms with van der Waals surface area (Å²) in [5.74, 6) is 1.98. The van der Waals surface area contributed by atoms with E-state index >= 15 is 0 Å². The van der Waals surface area contributed by atoms with Gasteiger partial charge in [0.05, 0.1) is 19.7 Å². The van der Waals surface area contributed by atoms with Crippen LogP contribution in [-0.2, 0) is 9.59 Å². The van der Waals surface area contributed by atoms with Gasteiger partial charge < -0.3 is 15.0 Å². The second-order valence-electron chi connectivity index (χ2n) is 4.90. The third kappa shape index (κ3) is 4.38. The number of nitrogens with zero attached hydrogens (tertiary/aromatic N) is 1. The minimum absolute atomic E-state index is 0.0201. The van der Waals surface area contributed by atoms with Crippen LogP contribution in [0.5, 0.6) is 5.75 Å². The van der Waals surface area contributed by atoms with Gasteiger partial charge in [-0.3, -0.25) is 14.9 Å². The molecular formula is C15H21N3O3S. The normalized spacial score (nSPS) is 17.1. The molecule has 1 aromatic rings. The van der Waals surface area contributed by atoms with Crippen molar-refractivity contribution in [3.05, 3.63) is 24.3 Å². The molecular weight excluding hydrogens is 302 g/mol. The highest BCUT2D eigenvalue weighted by molar-refractivity contribution is 7.99. The number of anilines is 1. The largest absolute Gasteiger partial charge is 0.497 e. The summed E-state index contributed by atoms with van der Waals surface area (Å²) < 4.78 is 5.12. The van der Waals surface area contributed by atoms with Gasteiger partial charge in [0.2, 0.25) is 11.8 Å². The van der Waals surface area contributed by atoms with Crippen molar-refractivity contribution in [3.8, 4) is 5.75 Å². The Morgan fingerprint density at radius 1 is 1.50 bits per heavy atom. The van der Waals surface area contributed by atoms with E-state index in [4.69, 9.17) is 4.74 Å². The first-order valence-electron chi connectivity index (χ1n) is 7.18. The standard InChI is InChI=1S/C15H21N3O3S/c1-3-18(15(20)13-9-22-10-16-13)8-14(19)17-11-5-4-6-12(7-11)21-2/h4-7,13,16H,3,8-10H2,1-2H3,(H,17,19). The third-order valence-electron chi connectivity index (χ3n) is 3.40. The third-order valence-corrected chi connectivity index (χ3v) is 4.34. The highest BCUT2D eigenvalue weighted by Gasteiger charge is 2.27. The van der Waals surface area contributed by atoms with E-state index in [1.165, 1.54) is 0 Å². The number of benzene rings is 1. The first-order valence-corrected chi connectivity index (χ1v) is 8.33. The van der Waals surface area contributed by atoms with Crippen molar-refractivity contribution in [1.82, 2.24) is 10.2 Å². The maximum absolute atomic E-state index is 12.3. The van der Waals surface area contributed by atoms with Crippen molar-refractivity contribution >= 4 is 29.3 Å². The first-order chi connectivity index (χ1) is 10.6. The van der Waals surface area contributed by atoms with Gasteiger partial charge in [0.15, 0.2) is 0 Å². The van der Waals surface area contributed by atoms with Crippen LogP contribution in [0.4, 0.5) is 5.69 Å². The highest BCUT2D eigenvalue weighted by Crippen LogP contribution is 2.17. The molecule has 0 aromatic heterocycles. The van der Waals surface area contributed by atoms with Crippen molar-refractivity contribution in [2.45, 2.75) is 13.0 Å². The smallest absolute Gasteiger partial charge is 0.243 e. The Morgan fingerprint density at radius 2 is 2.32 bits per heavy atom. The fraction of sp³-hybridized carbons (Fsp3) is 0.467. The molecule has 1 aliphatic heterocycles. The molecule has 2 amide bonds. The number of ether oxygens (including phenoxy) is 1. The summed E-state index contributed by atoms with van der Waals surface area (Å²) >= 11 is 1.69. The molecule has 0 aliphatic carbocycles. The Balaban J connectivity index is 1.92. The van der Waals surface area contributed by atoms with E-state index in [1.807, 2.05) is 6.92 Å². The van der Waals surface area contributed by atoms with E-state index in [0.717, 1.165) is 11.6 Å². The zero-order valence-electron chi connectivity index (χ0n) is 12.8. The highest BCUT2D eigenvalue weighted by atomic mass is 32.2. The van der Waals surface area contributed by atoms with E-state index in [1.54, 1.807) is 48.0 Å². The minimum atomic E-state index is -0.214. The Kier molecular flexibility index (Phi) is 6.09. The molecule has 120 valence electrons. The number of carbonyl (C=O) groups excluding carboxylic acids is 2. The van der Waals surface area contributed by atoms with E-state index in [2.05, 4.69) is 10.6 Å². The van der Waals surface area contributed by atoms with E-state index in [-0.39, 0.29) is 24.4 Å². The van der Waals surface area contributed by atoms with E-state index < -0.39 is 0 Å². The second-order valence-corrected chi connectivity index (χ2v) is 5.93. The van der Waals surface area contributed by atoms with Gasteiger partial charge in [0.25, 0.3) is 0 Å². The summed E-state index contributed by atoms with van der Waals surface area (Å²) in [6.45, 7) is 2.43. The number of rotatable bonds is 6. The van der Waals surface area contributed by atoms with Crippen molar-refractivity contribution < 1.29 is 14.3 Å². The molecule has 1 aliphatic rings. The lowest BCUT2D eigenvalue weighted by atomic mass is 10.2. The monoisotopic (exact) mass is 323 g/mol. The maximum atomic E-state index is 12.3. The summed E-state index contributed by atoms with van der Waals surface area (Å²) in [5.41, 5.74) is 0.655. The van der Waals surface area contributed by atoms with Gasteiger partial charge in [0.1, 0.15) is 5.75 Å². The molecule has 22 heavy (non-hydrogen) atoms. The van der Waals surface area contributed by atoms with Gasteiger partial charge in [-0.05, 0) is 19.1 Å². The van der Waals surface area contributed by atoms with Gasteiger partial charge in [-0.25, -0.2) is 0 Å². The van der Waals surface area contributed by atoms with Crippen molar-refractivity contribution in [2.24, 2.45) is 0 Å². The number of carbonyl (C=O) groups is 2. The molecule has 0 saturated carbocycles. The Morgan fingerprint density at radius 3 is 2.95 bits per heavy atom. The average molecular weight is 323 g/mol. The van der Waals surface area contributed by atoms with Crippen LogP contribution in [0.1, 0.15) is 6.92 Å². The molecule has 1 unspecified atom stereocenters. The summed E-state index contributed by atoms with van der Waals surface area (Å²) in [6.07, 6.45) is 0. The lowest BCUT2D eigenvalue weighted by molar-refractivity contribution is -0.135. The van der Waals surface area contributed by atoms with Crippen LogP contribution in [0.3, 0.4) is 0 Å². The number of nitrogens with one attached hydrogen (secondary N) is 2. The average Bonchev–Trinajstić information content (AvgIpc) is 3.06. The van der Waals surface area contributed by atoms with Gasteiger partial charge >= 0.3 is 0 Å². The van der Waals surface area contributed by atoms with Crippen LogP contribution in [0, 0.1) is 0 Å². The second kappa shape index (κ2) is 8.05. The molecule has 0 bridgehead atoms. The fourth-order valence-corrected chi connectivity index (χ4v) is 3.13. The first kappa shape index (κ1) is 16.6. The number of amides is 2. The summed E-state index contributed by atoms with van der Waals surface area (Å²) in [6, 6.07) is 6.95. The van der Waals surface area contributed by atoms with Crippen LogP contribution in [0.2, 0.25) is 0 Å². The molecule has 0 radical (unpaired) electrons. The molecule has 6 nitrogen and oxygen atoms in total. The van der Waals surface area contributed by atoms with E-state index in [9.17, 15) is 9.59 Å². The topological polar surface area (TPSA) is 70.7 Å². The predicted octanol–water partition coefficient (Wildman–Crippen LogP) is 1.14. The molecule has 1 aromatic carbocycles. The molecule has 1 saturated heterocycles. The van der Waals surface area contributed by atoms with Crippen molar-refractivity contribution in [1.29, 1.82) is 0 Å². The summed E-state index contributed by atoms with van der Waals surface area (Å²) in [4.78, 5) is 26.0. The number of hydrogen-bond acceptors (Lipinski definition) is 5. The number of hydrogen-bond donors (Lipinski definition) is 2. The van der Waals surface area contributed by atoms with Crippen LogP contribution in [-0.4, -0.2) is 54.6 Å². The molecule has 1 fully saturated rings. The fourth-order valence-electron chi connectivity index (χ4n) is 2.19. The lowest BCUT2D eigenvalue weighted by Crippen LogP contribution is -2.47. The van der Waals surface area contributed by atoms with Crippen LogP contribution in [0.25, 0.3) is 0 Å². The number of thioether (sulfide) groups is 1. The van der Waals surface area contributed by atoms with Gasteiger partial charge in [0, 0.05) is 29.9 Å². The van der Waals surface area contributed by atoms with Crippen molar-refractivity contribution in [2.75, 3.05) is 37.1 Å². The number of likely N-dealkylation sites (N-methyl/N-ethyl adjacent to an activating group) is 1. The molecule has 2 rings (SSSR count). The predicted molar refractivity (Wildman–Crippen MR) is 88.1 cm³/mol. The minimum Gasteiger partial charge on any atom is -0.497 e. The van der Waals surface area contributed by atoms with Crippen molar-refractivity contribution in [3.63, 3.8) is 0 Å². The summed E-state index contributed by atoms with van der Waals surface area (Å²) in [7, 11) is 1.57. The van der Waals surface area contributed by atoms with Crippen LogP contribution < -0.4 is 15.4 Å². The SMILES string of the molecule is CCN(CC(=O)Nc1cccc(OC)c1)C(=O)C1CSCN1. The zero-order valence-corrected chi connectivity index (χ0v) is 13.6. The lowest BCUT2D eigenvalue weighted by Gasteiger charge is -2.23. The van der Waals surface area contributed by atoms with Gasteiger partial charge in [-0.2, -0.15) is 0 Å². The Labute approximate surface area is 134 Å². The molecule has 2 N–H and O–H groups in total. The van der Waals surface area contributed by atoms with Crippen LogP contribution >= 0.6 is 11.8 Å². The summed E-state index contributed by atoms with van der Waals surface area (Å²) in [5, 5.41) is 5.92. The number of methoxy groups -OCH3 is 1. The zero-order chi connectivity index (χ0) is 15.9. The van der Waals surface area contributed by atoms with Gasteiger partial charge in [-0.1, -0.05) is 6.07 Å². The molecule has 1 heterocycles. The molecule has 0 spiro atoms. The Hall–Kier alpha value is -1.73. The Bertz CT molecular complexity index is 533. The van der Waals surface area contributed by atoms with Gasteiger partial charge in [-0.15, -0.1) is 11.8 Å². The molecule has 1 atom stereocenters. The quantitative estimate of drug-likeness (QED) is 0.822. The van der Waals surface area contributed by atoms with Crippen LogP contribution in [0.15, 0.2) is 24.3 Å². The molecule has 7 heteroatoms. The van der Waals surface area contributed by atoms with E-state index in [0.29, 0.717) is 18.0 Å².